The molecule has 2 rings (SSSR count). The summed E-state index contributed by atoms with van der Waals surface area (Å²) >= 11 is 5.87. The van der Waals surface area contributed by atoms with Crippen LogP contribution >= 0.6 is 11.6 Å². The SMILES string of the molecule is Cc1cccc(Nc2ccc(C(F)(F)F)cc2Cl)c1N. The first-order chi connectivity index (χ1) is 9.29. The molecule has 0 saturated heterocycles. The molecule has 0 amide bonds. The van der Waals surface area contributed by atoms with Crippen molar-refractivity contribution in [2.24, 2.45) is 0 Å². The molecule has 3 N–H and O–H groups in total. The average molecular weight is 301 g/mol. The van der Waals surface area contributed by atoms with Gasteiger partial charge in [0.05, 0.1) is 27.6 Å². The first kappa shape index (κ1) is 14.5. The van der Waals surface area contributed by atoms with Gasteiger partial charge in [-0.3, -0.25) is 0 Å². The third-order valence-electron chi connectivity index (χ3n) is 2.89. The van der Waals surface area contributed by atoms with Gasteiger partial charge in [0, 0.05) is 0 Å². The van der Waals surface area contributed by atoms with Gasteiger partial charge in [0.2, 0.25) is 0 Å². The molecule has 0 spiro atoms. The van der Waals surface area contributed by atoms with Crippen LogP contribution in [0.2, 0.25) is 5.02 Å². The number of nitrogen functional groups attached to an aromatic ring is 1. The molecule has 0 heterocycles. The number of halogens is 4. The van der Waals surface area contributed by atoms with E-state index in [2.05, 4.69) is 5.32 Å². The number of nitrogens with two attached hydrogens (primary N) is 1. The van der Waals surface area contributed by atoms with Crippen LogP contribution in [0, 0.1) is 6.92 Å². The molecule has 0 aliphatic carbocycles. The van der Waals surface area contributed by atoms with Gasteiger partial charge in [-0.1, -0.05) is 23.7 Å². The van der Waals surface area contributed by atoms with E-state index < -0.39 is 11.7 Å². The van der Waals surface area contributed by atoms with Gasteiger partial charge in [0.15, 0.2) is 0 Å². The number of para-hydroxylation sites is 1. The van der Waals surface area contributed by atoms with Crippen molar-refractivity contribution >= 4 is 28.7 Å². The van der Waals surface area contributed by atoms with Gasteiger partial charge in [-0.2, -0.15) is 13.2 Å². The second kappa shape index (κ2) is 5.25. The Hall–Kier alpha value is -1.88. The van der Waals surface area contributed by atoms with E-state index in [0.29, 0.717) is 17.1 Å². The van der Waals surface area contributed by atoms with Crippen molar-refractivity contribution < 1.29 is 13.2 Å². The Balaban J connectivity index is 2.33. The molecule has 0 aromatic heterocycles. The lowest BCUT2D eigenvalue weighted by atomic mass is 10.1. The highest BCUT2D eigenvalue weighted by Gasteiger charge is 2.30. The summed E-state index contributed by atoms with van der Waals surface area (Å²) in [5.74, 6) is 0. The van der Waals surface area contributed by atoms with Crippen molar-refractivity contribution in [2.45, 2.75) is 13.1 Å². The molecule has 6 heteroatoms. The largest absolute Gasteiger partial charge is 0.416 e. The molecular weight excluding hydrogens is 289 g/mol. The molecule has 106 valence electrons. The minimum Gasteiger partial charge on any atom is -0.397 e. The van der Waals surface area contributed by atoms with Crippen LogP contribution in [0.1, 0.15) is 11.1 Å². The first-order valence-corrected chi connectivity index (χ1v) is 6.15. The standard InChI is InChI=1S/C14H12ClF3N2/c1-8-3-2-4-12(13(8)19)20-11-6-5-9(7-10(11)15)14(16,17)18/h2-7,20H,19H2,1H3. The number of alkyl halides is 3. The molecule has 0 radical (unpaired) electrons. The van der Waals surface area contributed by atoms with Crippen LogP contribution in [0.4, 0.5) is 30.2 Å². The predicted molar refractivity (Wildman–Crippen MR) is 75.3 cm³/mol. The molecule has 2 aromatic carbocycles. The summed E-state index contributed by atoms with van der Waals surface area (Å²) in [7, 11) is 0. The third-order valence-corrected chi connectivity index (χ3v) is 3.20. The van der Waals surface area contributed by atoms with Crippen LogP contribution in [0.3, 0.4) is 0 Å². The van der Waals surface area contributed by atoms with Crippen LogP contribution in [-0.4, -0.2) is 0 Å². The van der Waals surface area contributed by atoms with E-state index in [-0.39, 0.29) is 5.02 Å². The Labute approximate surface area is 119 Å². The maximum atomic E-state index is 12.5. The maximum absolute atomic E-state index is 12.5. The van der Waals surface area contributed by atoms with Crippen LogP contribution in [0.25, 0.3) is 0 Å². The third kappa shape index (κ3) is 2.99. The number of aryl methyl sites for hydroxylation is 1. The van der Waals surface area contributed by atoms with Crippen molar-refractivity contribution in [1.82, 2.24) is 0 Å². The molecule has 0 atom stereocenters. The molecule has 0 saturated carbocycles. The molecular formula is C14H12ClF3N2. The van der Waals surface area contributed by atoms with Gasteiger partial charge in [-0.15, -0.1) is 0 Å². The molecule has 0 fully saturated rings. The lowest BCUT2D eigenvalue weighted by molar-refractivity contribution is -0.137. The van der Waals surface area contributed by atoms with Crippen LogP contribution in [0.5, 0.6) is 0 Å². The maximum Gasteiger partial charge on any atom is 0.416 e. The van der Waals surface area contributed by atoms with E-state index in [1.807, 2.05) is 13.0 Å². The number of hydrogen-bond acceptors (Lipinski definition) is 2. The molecule has 20 heavy (non-hydrogen) atoms. The van der Waals surface area contributed by atoms with Crippen molar-refractivity contribution in [3.63, 3.8) is 0 Å². The fourth-order valence-corrected chi connectivity index (χ4v) is 1.96. The van der Waals surface area contributed by atoms with Gasteiger partial charge < -0.3 is 11.1 Å². The number of benzene rings is 2. The molecule has 0 aliphatic heterocycles. The highest BCUT2D eigenvalue weighted by Crippen LogP contribution is 2.35. The Kier molecular flexibility index (Phi) is 3.81. The summed E-state index contributed by atoms with van der Waals surface area (Å²) in [5, 5.41) is 2.92. The molecule has 2 nitrogen and oxygen atoms in total. The Morgan fingerprint density at radius 3 is 2.40 bits per heavy atom. The normalized spacial score (nSPS) is 11.4. The Morgan fingerprint density at radius 1 is 1.10 bits per heavy atom. The number of nitrogens with one attached hydrogen (secondary N) is 1. The Bertz CT molecular complexity index is 639. The average Bonchev–Trinajstić information content (AvgIpc) is 2.36. The summed E-state index contributed by atoms with van der Waals surface area (Å²) in [4.78, 5) is 0. The van der Waals surface area contributed by atoms with Crippen molar-refractivity contribution in [3.05, 3.63) is 52.5 Å². The van der Waals surface area contributed by atoms with E-state index in [1.54, 1.807) is 12.1 Å². The summed E-state index contributed by atoms with van der Waals surface area (Å²) in [6.45, 7) is 1.84. The highest BCUT2D eigenvalue weighted by molar-refractivity contribution is 6.33. The lowest BCUT2D eigenvalue weighted by Crippen LogP contribution is -2.05. The number of hydrogen-bond donors (Lipinski definition) is 2. The lowest BCUT2D eigenvalue weighted by Gasteiger charge is -2.14. The van der Waals surface area contributed by atoms with E-state index in [4.69, 9.17) is 17.3 Å². The van der Waals surface area contributed by atoms with E-state index in [9.17, 15) is 13.2 Å². The fraction of sp³-hybridized carbons (Fsp3) is 0.143. The first-order valence-electron chi connectivity index (χ1n) is 5.78. The minimum atomic E-state index is -4.41. The van der Waals surface area contributed by atoms with Gasteiger partial charge in [0.25, 0.3) is 0 Å². The van der Waals surface area contributed by atoms with Gasteiger partial charge in [-0.05, 0) is 36.8 Å². The van der Waals surface area contributed by atoms with Gasteiger partial charge in [-0.25, -0.2) is 0 Å². The Morgan fingerprint density at radius 2 is 1.80 bits per heavy atom. The van der Waals surface area contributed by atoms with Crippen molar-refractivity contribution in [1.29, 1.82) is 0 Å². The monoisotopic (exact) mass is 300 g/mol. The van der Waals surface area contributed by atoms with Crippen LogP contribution < -0.4 is 11.1 Å². The van der Waals surface area contributed by atoms with E-state index >= 15 is 0 Å². The zero-order valence-electron chi connectivity index (χ0n) is 10.6. The van der Waals surface area contributed by atoms with Gasteiger partial charge in [0.1, 0.15) is 0 Å². The summed E-state index contributed by atoms with van der Waals surface area (Å²) < 4.78 is 37.6. The molecule has 0 unspecified atom stereocenters. The zero-order valence-corrected chi connectivity index (χ0v) is 11.3. The minimum absolute atomic E-state index is 0.0132. The van der Waals surface area contributed by atoms with Crippen LogP contribution in [0.15, 0.2) is 36.4 Å². The summed E-state index contributed by atoms with van der Waals surface area (Å²) in [6.07, 6.45) is -4.41. The molecule has 2 aromatic rings. The quantitative estimate of drug-likeness (QED) is 0.767. The highest BCUT2D eigenvalue weighted by atomic mass is 35.5. The van der Waals surface area contributed by atoms with Crippen molar-refractivity contribution in [3.8, 4) is 0 Å². The van der Waals surface area contributed by atoms with E-state index in [0.717, 1.165) is 17.7 Å². The van der Waals surface area contributed by atoms with Crippen molar-refractivity contribution in [2.75, 3.05) is 11.1 Å². The zero-order chi connectivity index (χ0) is 14.9. The topological polar surface area (TPSA) is 38.0 Å². The van der Waals surface area contributed by atoms with Gasteiger partial charge >= 0.3 is 6.18 Å². The second-order valence-electron chi connectivity index (χ2n) is 4.35. The number of rotatable bonds is 2. The number of anilines is 3. The van der Waals surface area contributed by atoms with E-state index in [1.165, 1.54) is 6.07 Å². The predicted octanol–water partition coefficient (Wildman–Crippen LogP) is 4.99. The smallest absolute Gasteiger partial charge is 0.397 e. The summed E-state index contributed by atoms with van der Waals surface area (Å²) in [5.41, 5.74) is 7.49. The molecule has 0 aliphatic rings. The fourth-order valence-electron chi connectivity index (χ4n) is 1.73. The second-order valence-corrected chi connectivity index (χ2v) is 4.76. The summed E-state index contributed by atoms with van der Waals surface area (Å²) in [6, 6.07) is 8.51. The van der Waals surface area contributed by atoms with Crippen LogP contribution in [-0.2, 0) is 6.18 Å². The molecule has 0 bridgehead atoms.